The van der Waals surface area contributed by atoms with Crippen molar-refractivity contribution < 1.29 is 14.7 Å². The average Bonchev–Trinajstić information content (AvgIpc) is 2.28. The smallest absolute Gasteiger partial charge is 0.305 e. The molecule has 1 N–H and O–H groups in total. The molecule has 0 spiro atoms. The van der Waals surface area contributed by atoms with E-state index in [1.165, 1.54) is 0 Å². The zero-order valence-corrected chi connectivity index (χ0v) is 11.8. The van der Waals surface area contributed by atoms with Gasteiger partial charge >= 0.3 is 5.97 Å². The molecule has 1 atom stereocenters. The van der Waals surface area contributed by atoms with Crippen molar-refractivity contribution in [3.63, 3.8) is 0 Å². The maximum Gasteiger partial charge on any atom is 0.305 e. The van der Waals surface area contributed by atoms with Gasteiger partial charge in [0.1, 0.15) is 0 Å². The fraction of sp³-hybridized carbons (Fsp3) is 0.846. The first-order chi connectivity index (χ1) is 8.26. The molecule has 0 aromatic rings. The predicted molar refractivity (Wildman–Crippen MR) is 69.3 cm³/mol. The molecule has 1 saturated heterocycles. The van der Waals surface area contributed by atoms with Crippen LogP contribution in [-0.4, -0.2) is 59.5 Å². The van der Waals surface area contributed by atoms with Gasteiger partial charge in [-0.05, 0) is 18.4 Å². The summed E-state index contributed by atoms with van der Waals surface area (Å²) in [5, 5.41) is 8.98. The highest BCUT2D eigenvalue weighted by Crippen LogP contribution is 2.25. The Labute approximate surface area is 109 Å². The summed E-state index contributed by atoms with van der Waals surface area (Å²) >= 11 is 0. The largest absolute Gasteiger partial charge is 0.481 e. The molecule has 1 aliphatic heterocycles. The second-order valence-electron chi connectivity index (χ2n) is 5.94. The number of carbonyl (C=O) groups excluding carboxylic acids is 1. The van der Waals surface area contributed by atoms with Gasteiger partial charge in [-0.15, -0.1) is 0 Å². The van der Waals surface area contributed by atoms with Crippen molar-refractivity contribution >= 4 is 11.9 Å². The highest BCUT2D eigenvalue weighted by atomic mass is 16.4. The van der Waals surface area contributed by atoms with Gasteiger partial charge in [-0.2, -0.15) is 0 Å². The topological polar surface area (TPSA) is 60.9 Å². The normalized spacial score (nSPS) is 25.0. The lowest BCUT2D eigenvalue weighted by Gasteiger charge is -2.31. The van der Waals surface area contributed by atoms with E-state index < -0.39 is 12.0 Å². The highest BCUT2D eigenvalue weighted by Gasteiger charge is 2.38. The Kier molecular flexibility index (Phi) is 4.73. The second-order valence-corrected chi connectivity index (χ2v) is 5.94. The number of aliphatic carboxylic acids is 1. The quantitative estimate of drug-likeness (QED) is 0.816. The SMILES string of the molecule is CCCN1CC(C)(C)CN(C)C(=O)C1CC(=O)O. The number of nitrogens with zero attached hydrogens (tertiary/aromatic N) is 2. The number of carboxylic acids is 1. The van der Waals surface area contributed by atoms with Crippen LogP contribution in [0.15, 0.2) is 0 Å². The van der Waals surface area contributed by atoms with E-state index in [1.807, 2.05) is 11.8 Å². The van der Waals surface area contributed by atoms with Gasteiger partial charge in [0.2, 0.25) is 5.91 Å². The lowest BCUT2D eigenvalue weighted by Crippen LogP contribution is -2.46. The van der Waals surface area contributed by atoms with E-state index >= 15 is 0 Å². The summed E-state index contributed by atoms with van der Waals surface area (Å²) in [5.74, 6) is -0.987. The van der Waals surface area contributed by atoms with Crippen LogP contribution in [0.25, 0.3) is 0 Å². The van der Waals surface area contributed by atoms with Crippen molar-refractivity contribution in [1.29, 1.82) is 0 Å². The molecule has 18 heavy (non-hydrogen) atoms. The van der Waals surface area contributed by atoms with Crippen molar-refractivity contribution in [2.24, 2.45) is 5.41 Å². The first-order valence-corrected chi connectivity index (χ1v) is 6.47. The number of carboxylic acid groups (broad SMARTS) is 1. The van der Waals surface area contributed by atoms with Gasteiger partial charge in [-0.1, -0.05) is 20.8 Å². The Hall–Kier alpha value is -1.10. The number of amides is 1. The Bertz CT molecular complexity index is 328. The van der Waals surface area contributed by atoms with Gasteiger partial charge in [0.15, 0.2) is 0 Å². The minimum absolute atomic E-state index is 0.00711. The molecular formula is C13H24N2O3. The van der Waals surface area contributed by atoms with Crippen LogP contribution in [0.4, 0.5) is 0 Å². The van der Waals surface area contributed by atoms with E-state index in [9.17, 15) is 9.59 Å². The van der Waals surface area contributed by atoms with Crippen LogP contribution in [0, 0.1) is 5.41 Å². The molecule has 5 nitrogen and oxygen atoms in total. The number of likely N-dealkylation sites (N-methyl/N-ethyl adjacent to an activating group) is 1. The summed E-state index contributed by atoms with van der Waals surface area (Å²) in [7, 11) is 1.76. The van der Waals surface area contributed by atoms with Crippen molar-refractivity contribution in [3.8, 4) is 0 Å². The lowest BCUT2D eigenvalue weighted by atomic mass is 9.92. The van der Waals surface area contributed by atoms with Crippen molar-refractivity contribution in [2.75, 3.05) is 26.7 Å². The molecule has 1 amide bonds. The molecule has 1 rings (SSSR count). The maximum absolute atomic E-state index is 12.3. The molecule has 0 aromatic heterocycles. The summed E-state index contributed by atoms with van der Waals surface area (Å²) in [6.07, 6.45) is 0.808. The van der Waals surface area contributed by atoms with Crippen LogP contribution in [0.5, 0.6) is 0 Å². The van der Waals surface area contributed by atoms with E-state index in [0.717, 1.165) is 19.5 Å². The summed E-state index contributed by atoms with van der Waals surface area (Å²) < 4.78 is 0. The van der Waals surface area contributed by atoms with Crippen molar-refractivity contribution in [2.45, 2.75) is 39.7 Å². The molecular weight excluding hydrogens is 232 g/mol. The van der Waals surface area contributed by atoms with E-state index in [-0.39, 0.29) is 17.7 Å². The lowest BCUT2D eigenvalue weighted by molar-refractivity contribution is -0.144. The van der Waals surface area contributed by atoms with E-state index in [4.69, 9.17) is 5.11 Å². The molecule has 1 unspecified atom stereocenters. The molecule has 104 valence electrons. The van der Waals surface area contributed by atoms with Crippen molar-refractivity contribution in [3.05, 3.63) is 0 Å². The Morgan fingerprint density at radius 2 is 2.06 bits per heavy atom. The average molecular weight is 256 g/mol. The number of hydrogen-bond donors (Lipinski definition) is 1. The van der Waals surface area contributed by atoms with E-state index in [2.05, 4.69) is 13.8 Å². The van der Waals surface area contributed by atoms with Crippen LogP contribution < -0.4 is 0 Å². The van der Waals surface area contributed by atoms with Crippen LogP contribution >= 0.6 is 0 Å². The Morgan fingerprint density at radius 3 is 2.56 bits per heavy atom. The molecule has 0 aliphatic carbocycles. The highest BCUT2D eigenvalue weighted by molar-refractivity contribution is 5.86. The standard InChI is InChI=1S/C13H24N2O3/c1-5-6-15-9-13(2,3)8-14(4)12(18)10(15)7-11(16)17/h10H,5-9H2,1-4H3,(H,16,17). The number of hydrogen-bond acceptors (Lipinski definition) is 3. The summed E-state index contributed by atoms with van der Waals surface area (Å²) in [4.78, 5) is 26.9. The monoisotopic (exact) mass is 256 g/mol. The summed E-state index contributed by atoms with van der Waals surface area (Å²) in [5.41, 5.74) is -0.00711. The van der Waals surface area contributed by atoms with Crippen molar-refractivity contribution in [1.82, 2.24) is 9.80 Å². The van der Waals surface area contributed by atoms with E-state index in [1.54, 1.807) is 11.9 Å². The van der Waals surface area contributed by atoms with Crippen LogP contribution in [0.1, 0.15) is 33.6 Å². The van der Waals surface area contributed by atoms with Gasteiger partial charge in [0, 0.05) is 20.1 Å². The maximum atomic E-state index is 12.3. The van der Waals surface area contributed by atoms with Gasteiger partial charge in [-0.25, -0.2) is 0 Å². The molecule has 1 heterocycles. The molecule has 0 radical (unpaired) electrons. The third-order valence-corrected chi connectivity index (χ3v) is 3.28. The fourth-order valence-electron chi connectivity index (χ4n) is 2.74. The number of carbonyl (C=O) groups is 2. The van der Waals surface area contributed by atoms with Crippen LogP contribution in [0.2, 0.25) is 0 Å². The number of rotatable bonds is 4. The van der Waals surface area contributed by atoms with Gasteiger partial charge in [0.05, 0.1) is 12.5 Å². The first-order valence-electron chi connectivity index (χ1n) is 6.47. The fourth-order valence-corrected chi connectivity index (χ4v) is 2.74. The third-order valence-electron chi connectivity index (χ3n) is 3.28. The molecule has 0 aromatic carbocycles. The molecule has 1 aliphatic rings. The summed E-state index contributed by atoms with van der Waals surface area (Å²) in [6, 6.07) is -0.519. The summed E-state index contributed by atoms with van der Waals surface area (Å²) in [6.45, 7) is 8.47. The van der Waals surface area contributed by atoms with Crippen LogP contribution in [0.3, 0.4) is 0 Å². The minimum Gasteiger partial charge on any atom is -0.481 e. The molecule has 5 heteroatoms. The Morgan fingerprint density at radius 1 is 1.44 bits per heavy atom. The molecule has 1 fully saturated rings. The second kappa shape index (κ2) is 5.69. The van der Waals surface area contributed by atoms with Gasteiger partial charge in [0.25, 0.3) is 0 Å². The van der Waals surface area contributed by atoms with Gasteiger partial charge < -0.3 is 10.0 Å². The first kappa shape index (κ1) is 15.0. The van der Waals surface area contributed by atoms with E-state index in [0.29, 0.717) is 6.54 Å². The van der Waals surface area contributed by atoms with Gasteiger partial charge in [-0.3, -0.25) is 14.5 Å². The zero-order chi connectivity index (χ0) is 13.9. The van der Waals surface area contributed by atoms with Crippen LogP contribution in [-0.2, 0) is 9.59 Å². The molecule has 0 saturated carbocycles. The molecule has 0 bridgehead atoms. The zero-order valence-electron chi connectivity index (χ0n) is 11.8. The third kappa shape index (κ3) is 3.70. The minimum atomic E-state index is -0.914. The Balaban J connectivity index is 2.98. The predicted octanol–water partition coefficient (Wildman–Crippen LogP) is 1.04.